The Hall–Kier alpha value is -1.82. The summed E-state index contributed by atoms with van der Waals surface area (Å²) in [5.74, 6) is 0.0807. The maximum Gasteiger partial charge on any atom is 0.224 e. The van der Waals surface area contributed by atoms with Gasteiger partial charge in [-0.15, -0.1) is 10.2 Å². The zero-order chi connectivity index (χ0) is 15.1. The number of hydrogen-bond donors (Lipinski definition) is 1. The predicted molar refractivity (Wildman–Crippen MR) is 84.3 cm³/mol. The summed E-state index contributed by atoms with van der Waals surface area (Å²) >= 11 is 1.54. The number of nitrogens with one attached hydrogen (secondary N) is 1. The van der Waals surface area contributed by atoms with E-state index in [0.29, 0.717) is 6.42 Å². The summed E-state index contributed by atoms with van der Waals surface area (Å²) in [6, 6.07) is 7.77. The molecule has 1 amide bonds. The van der Waals surface area contributed by atoms with E-state index in [9.17, 15) is 4.79 Å². The molecule has 0 spiro atoms. The van der Waals surface area contributed by atoms with Gasteiger partial charge >= 0.3 is 0 Å². The number of carbonyl (C=O) groups excluding carboxylic acids is 1. The molecule has 0 bridgehead atoms. The van der Waals surface area contributed by atoms with Crippen molar-refractivity contribution >= 4 is 23.4 Å². The van der Waals surface area contributed by atoms with E-state index >= 15 is 0 Å². The summed E-state index contributed by atoms with van der Waals surface area (Å²) in [5, 5.41) is 11.6. The van der Waals surface area contributed by atoms with Crippen LogP contribution in [0.4, 0.5) is 5.69 Å². The summed E-state index contributed by atoms with van der Waals surface area (Å²) in [4.78, 5) is 12.8. The highest BCUT2D eigenvalue weighted by molar-refractivity contribution is 7.99. The number of unbranched alkanes of at least 4 members (excludes halogenated alkanes) is 2. The Labute approximate surface area is 129 Å². The number of benzene rings is 1. The van der Waals surface area contributed by atoms with Crippen LogP contribution >= 0.6 is 11.8 Å². The molecule has 21 heavy (non-hydrogen) atoms. The number of hydrogen-bond acceptors (Lipinski definition) is 4. The maximum atomic E-state index is 11.7. The fourth-order valence-corrected chi connectivity index (χ4v) is 2.60. The highest BCUT2D eigenvalue weighted by Crippen LogP contribution is 2.26. The Morgan fingerprint density at radius 2 is 2.05 bits per heavy atom. The molecule has 0 fully saturated rings. The predicted octanol–water partition coefficient (Wildman–Crippen LogP) is 3.49. The van der Waals surface area contributed by atoms with E-state index in [0.717, 1.165) is 35.0 Å². The molecule has 0 saturated heterocycles. The van der Waals surface area contributed by atoms with Gasteiger partial charge in [0.25, 0.3) is 0 Å². The summed E-state index contributed by atoms with van der Waals surface area (Å²) < 4.78 is 1.87. The fraction of sp³-hybridized carbons (Fsp3) is 0.400. The van der Waals surface area contributed by atoms with Crippen LogP contribution in [-0.2, 0) is 11.8 Å². The summed E-state index contributed by atoms with van der Waals surface area (Å²) in [6.07, 6.45) is 5.43. The normalized spacial score (nSPS) is 10.6. The van der Waals surface area contributed by atoms with Crippen LogP contribution in [0.1, 0.15) is 32.6 Å². The molecule has 1 heterocycles. The minimum atomic E-state index is 0.0807. The third-order valence-corrected chi connectivity index (χ3v) is 4.08. The van der Waals surface area contributed by atoms with Crippen molar-refractivity contribution in [1.29, 1.82) is 0 Å². The monoisotopic (exact) mass is 304 g/mol. The SMILES string of the molecule is CCCCCC(=O)Nc1ccc(Sc2nncn2C)cc1. The van der Waals surface area contributed by atoms with Crippen LogP contribution in [0.15, 0.2) is 40.6 Å². The van der Waals surface area contributed by atoms with Crippen molar-refractivity contribution in [3.8, 4) is 0 Å². The van der Waals surface area contributed by atoms with Crippen LogP contribution in [-0.4, -0.2) is 20.7 Å². The quantitative estimate of drug-likeness (QED) is 0.796. The second-order valence-electron chi connectivity index (χ2n) is 4.86. The third-order valence-electron chi connectivity index (χ3n) is 3.02. The number of rotatable bonds is 7. The number of amides is 1. The number of carbonyl (C=O) groups is 1. The van der Waals surface area contributed by atoms with E-state index < -0.39 is 0 Å². The van der Waals surface area contributed by atoms with E-state index in [2.05, 4.69) is 22.4 Å². The Balaban J connectivity index is 1.87. The van der Waals surface area contributed by atoms with E-state index in [-0.39, 0.29) is 5.91 Å². The van der Waals surface area contributed by atoms with Gasteiger partial charge in [0.2, 0.25) is 5.91 Å². The Morgan fingerprint density at radius 3 is 2.67 bits per heavy atom. The van der Waals surface area contributed by atoms with E-state index in [1.54, 1.807) is 18.1 Å². The van der Waals surface area contributed by atoms with Gasteiger partial charge < -0.3 is 9.88 Å². The average Bonchev–Trinajstić information content (AvgIpc) is 2.87. The molecule has 0 saturated carbocycles. The van der Waals surface area contributed by atoms with Crippen molar-refractivity contribution in [1.82, 2.24) is 14.8 Å². The zero-order valence-electron chi connectivity index (χ0n) is 12.4. The molecule has 1 N–H and O–H groups in total. The molecule has 112 valence electrons. The van der Waals surface area contributed by atoms with Gasteiger partial charge in [0.15, 0.2) is 5.16 Å². The van der Waals surface area contributed by atoms with E-state index in [1.165, 1.54) is 0 Å². The molecular weight excluding hydrogens is 284 g/mol. The maximum absolute atomic E-state index is 11.7. The molecule has 6 heteroatoms. The largest absolute Gasteiger partial charge is 0.326 e. The number of nitrogens with zero attached hydrogens (tertiary/aromatic N) is 3. The number of anilines is 1. The molecule has 1 aromatic carbocycles. The fourth-order valence-electron chi connectivity index (χ4n) is 1.84. The topological polar surface area (TPSA) is 59.8 Å². The molecule has 0 aliphatic heterocycles. The molecule has 2 rings (SSSR count). The molecule has 0 unspecified atom stereocenters. The van der Waals surface area contributed by atoms with Gasteiger partial charge in [-0.3, -0.25) is 4.79 Å². The summed E-state index contributed by atoms with van der Waals surface area (Å²) in [7, 11) is 1.91. The second-order valence-corrected chi connectivity index (χ2v) is 5.90. The first-order valence-electron chi connectivity index (χ1n) is 7.11. The molecular formula is C15H20N4OS. The first-order valence-corrected chi connectivity index (χ1v) is 7.92. The van der Waals surface area contributed by atoms with Crippen LogP contribution in [0.5, 0.6) is 0 Å². The molecule has 0 radical (unpaired) electrons. The Bertz CT molecular complexity index is 580. The molecule has 0 atom stereocenters. The van der Waals surface area contributed by atoms with Gasteiger partial charge in [-0.2, -0.15) is 0 Å². The van der Waals surface area contributed by atoms with Gasteiger partial charge in [0.05, 0.1) is 0 Å². The second kappa shape index (κ2) is 7.83. The number of aryl methyl sites for hydroxylation is 1. The minimum absolute atomic E-state index is 0.0807. The van der Waals surface area contributed by atoms with Gasteiger partial charge in [0, 0.05) is 24.1 Å². The molecule has 0 aliphatic rings. The number of aromatic nitrogens is 3. The van der Waals surface area contributed by atoms with Crippen LogP contribution in [0.3, 0.4) is 0 Å². The zero-order valence-corrected chi connectivity index (χ0v) is 13.2. The van der Waals surface area contributed by atoms with E-state index in [4.69, 9.17) is 0 Å². The average molecular weight is 304 g/mol. The van der Waals surface area contributed by atoms with Crippen molar-refractivity contribution in [2.45, 2.75) is 42.7 Å². The van der Waals surface area contributed by atoms with Crippen molar-refractivity contribution < 1.29 is 4.79 Å². The highest BCUT2D eigenvalue weighted by Gasteiger charge is 2.05. The van der Waals surface area contributed by atoms with E-state index in [1.807, 2.05) is 35.9 Å². The standard InChI is InChI=1S/C15H20N4OS/c1-3-4-5-6-14(20)17-12-7-9-13(10-8-12)21-15-18-16-11-19(15)2/h7-11H,3-6H2,1-2H3,(H,17,20). The van der Waals surface area contributed by atoms with Crippen LogP contribution < -0.4 is 5.32 Å². The summed E-state index contributed by atoms with van der Waals surface area (Å²) in [5.41, 5.74) is 0.832. The lowest BCUT2D eigenvalue weighted by Gasteiger charge is -2.06. The van der Waals surface area contributed by atoms with Gasteiger partial charge in [-0.25, -0.2) is 0 Å². The lowest BCUT2D eigenvalue weighted by atomic mass is 10.2. The Kier molecular flexibility index (Phi) is 5.80. The van der Waals surface area contributed by atoms with Gasteiger partial charge in [-0.05, 0) is 42.4 Å². The molecule has 2 aromatic rings. The van der Waals surface area contributed by atoms with Crippen molar-refractivity contribution in [2.24, 2.45) is 7.05 Å². The van der Waals surface area contributed by atoms with Crippen molar-refractivity contribution in [3.63, 3.8) is 0 Å². The van der Waals surface area contributed by atoms with Crippen molar-refractivity contribution in [3.05, 3.63) is 30.6 Å². The molecule has 0 aliphatic carbocycles. The highest BCUT2D eigenvalue weighted by atomic mass is 32.2. The first kappa shape index (κ1) is 15.6. The minimum Gasteiger partial charge on any atom is -0.326 e. The van der Waals surface area contributed by atoms with Crippen LogP contribution in [0.2, 0.25) is 0 Å². The lowest BCUT2D eigenvalue weighted by molar-refractivity contribution is -0.116. The smallest absolute Gasteiger partial charge is 0.224 e. The van der Waals surface area contributed by atoms with Crippen LogP contribution in [0.25, 0.3) is 0 Å². The van der Waals surface area contributed by atoms with Crippen molar-refractivity contribution in [2.75, 3.05) is 5.32 Å². The van der Waals surface area contributed by atoms with Gasteiger partial charge in [0.1, 0.15) is 6.33 Å². The lowest BCUT2D eigenvalue weighted by Crippen LogP contribution is -2.10. The molecule has 1 aromatic heterocycles. The summed E-state index contributed by atoms with van der Waals surface area (Å²) in [6.45, 7) is 2.13. The Morgan fingerprint density at radius 1 is 1.29 bits per heavy atom. The molecule has 5 nitrogen and oxygen atoms in total. The van der Waals surface area contributed by atoms with Crippen LogP contribution in [0, 0.1) is 0 Å². The first-order chi connectivity index (χ1) is 10.2. The third kappa shape index (κ3) is 4.90. The van der Waals surface area contributed by atoms with Gasteiger partial charge in [-0.1, -0.05) is 19.8 Å².